The summed E-state index contributed by atoms with van der Waals surface area (Å²) in [6, 6.07) is 10.0. The zero-order chi connectivity index (χ0) is 18.0. The van der Waals surface area contributed by atoms with Crippen molar-refractivity contribution in [2.75, 3.05) is 13.2 Å². The third kappa shape index (κ3) is 3.67. The molecule has 3 rings (SSSR count). The van der Waals surface area contributed by atoms with E-state index in [2.05, 4.69) is 15.2 Å². The van der Waals surface area contributed by atoms with Crippen molar-refractivity contribution in [3.8, 4) is 0 Å². The summed E-state index contributed by atoms with van der Waals surface area (Å²) in [5, 5.41) is 16.5. The fraction of sp³-hybridized carbons (Fsp3) is 0.125. The van der Waals surface area contributed by atoms with Crippen LogP contribution in [0.1, 0.15) is 5.56 Å². The van der Waals surface area contributed by atoms with E-state index in [-0.39, 0.29) is 19.0 Å². The van der Waals surface area contributed by atoms with Crippen molar-refractivity contribution in [2.45, 2.75) is 0 Å². The molecule has 0 fully saturated rings. The first kappa shape index (κ1) is 17.8. The molecule has 0 aliphatic carbocycles. The lowest BCUT2D eigenvalue weighted by atomic mass is 10.1. The summed E-state index contributed by atoms with van der Waals surface area (Å²) in [5.74, 6) is 0.240. The second kappa shape index (κ2) is 7.49. The zero-order valence-corrected chi connectivity index (χ0v) is 14.9. The van der Waals surface area contributed by atoms with Crippen LogP contribution >= 0.6 is 34.8 Å². The molecule has 0 amide bonds. The highest BCUT2D eigenvalue weighted by Gasteiger charge is 2.21. The highest BCUT2D eigenvalue weighted by Crippen LogP contribution is 2.31. The van der Waals surface area contributed by atoms with E-state index in [4.69, 9.17) is 34.8 Å². The molecule has 2 aromatic carbocycles. The van der Waals surface area contributed by atoms with Crippen molar-refractivity contribution < 1.29 is 5.21 Å². The van der Waals surface area contributed by atoms with Gasteiger partial charge in [0.2, 0.25) is 0 Å². The van der Waals surface area contributed by atoms with Gasteiger partial charge in [0.05, 0.1) is 21.1 Å². The van der Waals surface area contributed by atoms with E-state index in [1.165, 1.54) is 0 Å². The fourth-order valence-electron chi connectivity index (χ4n) is 2.51. The number of rotatable bonds is 3. The average molecular weight is 398 g/mol. The van der Waals surface area contributed by atoms with E-state index in [9.17, 15) is 10.1 Å². The minimum Gasteiger partial charge on any atom is -0.288 e. The van der Waals surface area contributed by atoms with Crippen molar-refractivity contribution in [3.05, 3.63) is 72.5 Å². The minimum absolute atomic E-state index is 0.0707. The van der Waals surface area contributed by atoms with Crippen LogP contribution in [0.5, 0.6) is 0 Å². The number of nitroso groups, excluding NO2 is 1. The molecule has 1 N–H and O–H groups in total. The van der Waals surface area contributed by atoms with Gasteiger partial charge in [0.1, 0.15) is 12.4 Å². The number of hydrogen-bond acceptors (Lipinski definition) is 5. The van der Waals surface area contributed by atoms with Gasteiger partial charge in [-0.1, -0.05) is 40.9 Å². The summed E-state index contributed by atoms with van der Waals surface area (Å²) in [6.45, 7) is -0.365. The molecule has 9 heteroatoms. The second-order valence-corrected chi connectivity index (χ2v) is 6.37. The van der Waals surface area contributed by atoms with E-state index in [1.54, 1.807) is 36.4 Å². The van der Waals surface area contributed by atoms with Crippen LogP contribution in [0, 0.1) is 4.91 Å². The number of nitrogens with zero attached hydrogens (tertiary/aromatic N) is 4. The van der Waals surface area contributed by atoms with Gasteiger partial charge in [-0.3, -0.25) is 5.21 Å². The minimum atomic E-state index is -0.294. The number of amidine groups is 1. The van der Waals surface area contributed by atoms with Crippen LogP contribution in [0.2, 0.25) is 15.1 Å². The second-order valence-electron chi connectivity index (χ2n) is 5.12. The molecule has 0 aromatic heterocycles. The topological polar surface area (TPSA) is 77.6 Å². The van der Waals surface area contributed by atoms with E-state index in [1.807, 2.05) is 0 Å². The van der Waals surface area contributed by atoms with Crippen molar-refractivity contribution in [2.24, 2.45) is 15.2 Å². The van der Waals surface area contributed by atoms with Gasteiger partial charge in [-0.2, -0.15) is 0 Å². The molecule has 0 spiro atoms. The van der Waals surface area contributed by atoms with Gasteiger partial charge in [-0.15, -0.1) is 4.91 Å². The third-order valence-electron chi connectivity index (χ3n) is 3.52. The Morgan fingerprint density at radius 1 is 1.16 bits per heavy atom. The molecule has 6 nitrogen and oxygen atoms in total. The van der Waals surface area contributed by atoms with Crippen LogP contribution in [0.4, 0.5) is 0 Å². The molecule has 0 radical (unpaired) electrons. The van der Waals surface area contributed by atoms with Gasteiger partial charge < -0.3 is 0 Å². The van der Waals surface area contributed by atoms with Crippen LogP contribution < -0.4 is 10.6 Å². The van der Waals surface area contributed by atoms with Gasteiger partial charge in [0.25, 0.3) is 0 Å². The van der Waals surface area contributed by atoms with Gasteiger partial charge in [0.15, 0.2) is 6.67 Å². The maximum absolute atomic E-state index is 10.6. The van der Waals surface area contributed by atoms with Gasteiger partial charge in [-0.25, -0.2) is 15.0 Å². The van der Waals surface area contributed by atoms with Gasteiger partial charge >= 0.3 is 0 Å². The van der Waals surface area contributed by atoms with Crippen molar-refractivity contribution in [1.82, 2.24) is 5.06 Å². The number of hydrogen-bond donors (Lipinski definition) is 1. The molecule has 0 atom stereocenters. The first-order chi connectivity index (χ1) is 12.0. The summed E-state index contributed by atoms with van der Waals surface area (Å²) in [7, 11) is 0. The molecular weight excluding hydrogens is 387 g/mol. The fourth-order valence-corrected chi connectivity index (χ4v) is 3.25. The Morgan fingerprint density at radius 3 is 2.56 bits per heavy atom. The van der Waals surface area contributed by atoms with Crippen molar-refractivity contribution >= 4 is 46.3 Å². The Bertz CT molecular complexity index is 971. The van der Waals surface area contributed by atoms with Gasteiger partial charge in [0, 0.05) is 15.8 Å². The summed E-state index contributed by atoms with van der Waals surface area (Å²) < 4.78 is 0. The Labute approximate surface area is 157 Å². The lowest BCUT2D eigenvalue weighted by molar-refractivity contribution is -0.0120. The number of fused-ring (bicyclic) bond motifs is 1. The van der Waals surface area contributed by atoms with Crippen LogP contribution in [-0.4, -0.2) is 29.3 Å². The number of hydroxylamine groups is 2. The predicted molar refractivity (Wildman–Crippen MR) is 97.8 cm³/mol. The molecule has 2 aromatic rings. The lowest BCUT2D eigenvalue weighted by Crippen LogP contribution is -2.32. The number of aliphatic imine (C=N–C) groups is 1. The maximum Gasteiger partial charge on any atom is 0.173 e. The Balaban J connectivity index is 2.40. The summed E-state index contributed by atoms with van der Waals surface area (Å²) in [6.07, 6.45) is 0. The normalized spacial score (nSPS) is 15.6. The van der Waals surface area contributed by atoms with Crippen LogP contribution in [-0.2, 0) is 0 Å². The summed E-state index contributed by atoms with van der Waals surface area (Å²) in [4.78, 5) is 18.7. The Morgan fingerprint density at radius 2 is 1.88 bits per heavy atom. The molecule has 0 bridgehead atoms. The average Bonchev–Trinajstić information content (AvgIpc) is 2.70. The molecule has 0 saturated heterocycles. The predicted octanol–water partition coefficient (Wildman–Crippen LogP) is 3.25. The summed E-state index contributed by atoms with van der Waals surface area (Å²) in [5.41, 5.74) is 0.794. The van der Waals surface area contributed by atoms with Crippen molar-refractivity contribution in [1.29, 1.82) is 0 Å². The lowest BCUT2D eigenvalue weighted by Gasteiger charge is -2.21. The molecule has 0 unspecified atom stereocenters. The summed E-state index contributed by atoms with van der Waals surface area (Å²) >= 11 is 18.8. The number of benzene rings is 2. The van der Waals surface area contributed by atoms with E-state index in [0.717, 1.165) is 5.06 Å². The molecule has 25 heavy (non-hydrogen) atoms. The van der Waals surface area contributed by atoms with Crippen LogP contribution in [0.15, 0.2) is 51.6 Å². The maximum atomic E-state index is 10.6. The van der Waals surface area contributed by atoms with E-state index < -0.39 is 0 Å². The standard InChI is InChI=1S/C16H11Cl3N4O2/c17-9-4-5-13-10(6-9)16(15-11(18)2-1-3-12(15)19)23(25)7-14(22-13)20-8-21-24/h1-6,25H,7-8H2. The first-order valence-electron chi connectivity index (χ1n) is 7.13. The van der Waals surface area contributed by atoms with Crippen molar-refractivity contribution in [3.63, 3.8) is 0 Å². The molecule has 0 saturated carbocycles. The Kier molecular flexibility index (Phi) is 5.34. The highest BCUT2D eigenvalue weighted by atomic mass is 35.5. The van der Waals surface area contributed by atoms with Crippen LogP contribution in [0.25, 0.3) is 5.70 Å². The third-order valence-corrected chi connectivity index (χ3v) is 4.39. The smallest absolute Gasteiger partial charge is 0.173 e. The first-order valence-corrected chi connectivity index (χ1v) is 8.26. The quantitative estimate of drug-likeness (QED) is 0.808. The molecule has 1 aliphatic heterocycles. The number of halogens is 3. The monoisotopic (exact) mass is 396 g/mol. The highest BCUT2D eigenvalue weighted by molar-refractivity contribution is 6.37. The molecule has 1 heterocycles. The molecule has 128 valence electrons. The Hall–Kier alpha value is -1.99. The SMILES string of the molecule is O=NCN=C1CN(O)C(c2c(Cl)cccc2Cl)=c2cc(Cl)ccc2=N1. The van der Waals surface area contributed by atoms with Crippen LogP contribution in [0.3, 0.4) is 0 Å². The molecular formula is C16H11Cl3N4O2. The van der Waals surface area contributed by atoms with Gasteiger partial charge in [-0.05, 0) is 35.5 Å². The zero-order valence-electron chi connectivity index (χ0n) is 12.7. The largest absolute Gasteiger partial charge is 0.288 e. The van der Waals surface area contributed by atoms with E-state index >= 15 is 0 Å². The van der Waals surface area contributed by atoms with E-state index in [0.29, 0.717) is 36.9 Å². The molecule has 1 aliphatic rings.